The van der Waals surface area contributed by atoms with E-state index in [1.807, 2.05) is 12.1 Å². The Hall–Kier alpha value is -1.81. The summed E-state index contributed by atoms with van der Waals surface area (Å²) < 4.78 is 5.51. The molecule has 1 aliphatic carbocycles. The van der Waals surface area contributed by atoms with Crippen molar-refractivity contribution in [2.75, 3.05) is 33.4 Å². The molecule has 0 amide bonds. The average Bonchev–Trinajstić information content (AvgIpc) is 3.08. The van der Waals surface area contributed by atoms with Crippen molar-refractivity contribution in [2.24, 2.45) is 11.1 Å². The smallest absolute Gasteiger partial charge is 0.129 e. The monoisotopic (exact) mass is 372 g/mol. The van der Waals surface area contributed by atoms with Crippen molar-refractivity contribution >= 4 is 11.8 Å². The van der Waals surface area contributed by atoms with Crippen LogP contribution in [0.4, 0.5) is 0 Å². The van der Waals surface area contributed by atoms with E-state index in [-0.39, 0.29) is 0 Å². The normalized spacial score (nSPS) is 20.0. The van der Waals surface area contributed by atoms with E-state index in [2.05, 4.69) is 49.0 Å². The third-order valence-electron chi connectivity index (χ3n) is 5.41. The number of nitrogens with zero attached hydrogens (tertiary/aromatic N) is 2. The number of hydrogen-bond donors (Lipinski definition) is 0. The minimum Gasteiger partial charge on any atom is -0.496 e. The van der Waals surface area contributed by atoms with E-state index in [1.165, 1.54) is 31.3 Å². The first-order valence-corrected chi connectivity index (χ1v) is 10.5. The van der Waals surface area contributed by atoms with Crippen molar-refractivity contribution < 1.29 is 9.57 Å². The van der Waals surface area contributed by atoms with Gasteiger partial charge >= 0.3 is 0 Å². The quantitative estimate of drug-likeness (QED) is 0.385. The van der Waals surface area contributed by atoms with Gasteiger partial charge in [-0.15, -0.1) is 0 Å². The van der Waals surface area contributed by atoms with Crippen molar-refractivity contribution in [2.45, 2.75) is 52.9 Å². The summed E-state index contributed by atoms with van der Waals surface area (Å²) in [4.78, 5) is 8.12. The van der Waals surface area contributed by atoms with E-state index in [0.29, 0.717) is 12.5 Å². The molecular formula is C23H36N2O2. The van der Waals surface area contributed by atoms with Gasteiger partial charge in [0.25, 0.3) is 0 Å². The summed E-state index contributed by atoms with van der Waals surface area (Å²) in [5.41, 5.74) is 3.55. The highest BCUT2D eigenvalue weighted by molar-refractivity contribution is 6.07. The first-order valence-electron chi connectivity index (χ1n) is 10.5. The third kappa shape index (κ3) is 6.39. The first-order chi connectivity index (χ1) is 13.2. The zero-order valence-electron chi connectivity index (χ0n) is 17.5. The molecule has 0 bridgehead atoms. The fourth-order valence-corrected chi connectivity index (χ4v) is 3.67. The number of methoxy groups -OCH3 is 1. The molecule has 0 N–H and O–H groups in total. The van der Waals surface area contributed by atoms with E-state index in [1.54, 1.807) is 7.11 Å². The Morgan fingerprint density at radius 2 is 1.96 bits per heavy atom. The largest absolute Gasteiger partial charge is 0.496 e. The summed E-state index contributed by atoms with van der Waals surface area (Å²) in [5.74, 6) is 1.42. The SMILES string of the molecule is CCCCC1CCC(=C\c2ccccc2OC)/C1=N/OCCN(CC)CC. The standard InChI is InChI=1S/C23H36N2O2/c1-5-8-11-19-14-15-21(18-20-12-9-10-13-22(20)26-4)23(19)24-27-17-16-25(6-2)7-3/h9-10,12-13,18-19H,5-8,11,14-17H2,1-4H3/b21-18+,24-23+. The van der Waals surface area contributed by atoms with Gasteiger partial charge in [0.1, 0.15) is 12.4 Å². The van der Waals surface area contributed by atoms with Crippen LogP contribution in [0.5, 0.6) is 5.75 Å². The van der Waals surface area contributed by atoms with Gasteiger partial charge in [-0.1, -0.05) is 57.0 Å². The van der Waals surface area contributed by atoms with Gasteiger partial charge in [-0.05, 0) is 50.1 Å². The zero-order chi connectivity index (χ0) is 19.5. The van der Waals surface area contributed by atoms with Gasteiger partial charge in [-0.3, -0.25) is 0 Å². The van der Waals surface area contributed by atoms with Gasteiger partial charge in [0.2, 0.25) is 0 Å². The molecule has 0 aromatic heterocycles. The highest BCUT2D eigenvalue weighted by Crippen LogP contribution is 2.34. The summed E-state index contributed by atoms with van der Waals surface area (Å²) >= 11 is 0. The molecular weight excluding hydrogens is 336 g/mol. The molecule has 27 heavy (non-hydrogen) atoms. The van der Waals surface area contributed by atoms with E-state index in [4.69, 9.17) is 9.57 Å². The summed E-state index contributed by atoms with van der Waals surface area (Å²) in [5, 5.41) is 4.61. The summed E-state index contributed by atoms with van der Waals surface area (Å²) in [6.07, 6.45) is 8.11. The highest BCUT2D eigenvalue weighted by atomic mass is 16.6. The molecule has 4 heteroatoms. The van der Waals surface area contributed by atoms with Gasteiger partial charge in [-0.2, -0.15) is 0 Å². The molecule has 0 saturated heterocycles. The van der Waals surface area contributed by atoms with Crippen LogP contribution < -0.4 is 4.74 Å². The number of rotatable bonds is 11. The first kappa shape index (κ1) is 21.5. The Morgan fingerprint density at radius 3 is 2.67 bits per heavy atom. The number of hydrogen-bond acceptors (Lipinski definition) is 4. The van der Waals surface area contributed by atoms with Crippen LogP contribution in [0.15, 0.2) is 35.0 Å². The molecule has 2 rings (SSSR count). The molecule has 1 aromatic carbocycles. The Labute approximate surface area is 165 Å². The maximum absolute atomic E-state index is 5.76. The lowest BCUT2D eigenvalue weighted by Crippen LogP contribution is -2.26. The topological polar surface area (TPSA) is 34.1 Å². The number of ether oxygens (including phenoxy) is 1. The van der Waals surface area contributed by atoms with Crippen LogP contribution in [0, 0.1) is 5.92 Å². The molecule has 1 atom stereocenters. The van der Waals surface area contributed by atoms with Crippen molar-refractivity contribution in [3.8, 4) is 5.75 Å². The number of likely N-dealkylation sites (N-methyl/N-ethyl adjacent to an activating group) is 1. The molecule has 4 nitrogen and oxygen atoms in total. The van der Waals surface area contributed by atoms with Gasteiger partial charge in [0.05, 0.1) is 12.8 Å². The Morgan fingerprint density at radius 1 is 1.19 bits per heavy atom. The maximum atomic E-state index is 5.76. The molecule has 150 valence electrons. The minimum atomic E-state index is 0.513. The van der Waals surface area contributed by atoms with E-state index < -0.39 is 0 Å². The second-order valence-corrected chi connectivity index (χ2v) is 7.13. The average molecular weight is 373 g/mol. The Bertz CT molecular complexity index is 621. The Balaban J connectivity index is 2.14. The highest BCUT2D eigenvalue weighted by Gasteiger charge is 2.27. The number of benzene rings is 1. The molecule has 0 spiro atoms. The van der Waals surface area contributed by atoms with E-state index >= 15 is 0 Å². The summed E-state index contributed by atoms with van der Waals surface area (Å²) in [6.45, 7) is 10.3. The molecule has 1 unspecified atom stereocenters. The molecule has 0 aliphatic heterocycles. The van der Waals surface area contributed by atoms with Crippen molar-refractivity contribution in [3.63, 3.8) is 0 Å². The number of allylic oxidation sites excluding steroid dienone is 1. The van der Waals surface area contributed by atoms with Crippen molar-refractivity contribution in [3.05, 3.63) is 35.4 Å². The molecule has 0 heterocycles. The number of unbranched alkanes of at least 4 members (excludes halogenated alkanes) is 1. The minimum absolute atomic E-state index is 0.513. The molecule has 1 saturated carbocycles. The molecule has 0 radical (unpaired) electrons. The Kier molecular flexibility index (Phi) is 9.40. The van der Waals surface area contributed by atoms with Crippen LogP contribution in [0.2, 0.25) is 0 Å². The van der Waals surface area contributed by atoms with E-state index in [0.717, 1.165) is 43.1 Å². The fraction of sp³-hybridized carbons (Fsp3) is 0.609. The molecule has 1 aliphatic rings. The lowest BCUT2D eigenvalue weighted by molar-refractivity contribution is 0.113. The van der Waals surface area contributed by atoms with Crippen LogP contribution in [0.25, 0.3) is 6.08 Å². The van der Waals surface area contributed by atoms with Crippen molar-refractivity contribution in [1.82, 2.24) is 4.90 Å². The second-order valence-electron chi connectivity index (χ2n) is 7.13. The molecule has 1 fully saturated rings. The summed E-state index contributed by atoms with van der Waals surface area (Å²) in [6, 6.07) is 8.16. The second kappa shape index (κ2) is 11.8. The summed E-state index contributed by atoms with van der Waals surface area (Å²) in [7, 11) is 1.72. The predicted molar refractivity (Wildman–Crippen MR) is 114 cm³/mol. The van der Waals surface area contributed by atoms with Gasteiger partial charge < -0.3 is 14.5 Å². The van der Waals surface area contributed by atoms with Crippen LogP contribution in [-0.2, 0) is 4.84 Å². The van der Waals surface area contributed by atoms with E-state index in [9.17, 15) is 0 Å². The van der Waals surface area contributed by atoms with Crippen LogP contribution >= 0.6 is 0 Å². The zero-order valence-corrected chi connectivity index (χ0v) is 17.5. The number of oxime groups is 1. The van der Waals surface area contributed by atoms with Gasteiger partial charge in [0, 0.05) is 18.0 Å². The van der Waals surface area contributed by atoms with Gasteiger partial charge in [0.15, 0.2) is 0 Å². The number of para-hydroxylation sites is 1. The lowest BCUT2D eigenvalue weighted by Gasteiger charge is -2.17. The lowest BCUT2D eigenvalue weighted by atomic mass is 9.98. The predicted octanol–water partition coefficient (Wildman–Crippen LogP) is 5.39. The van der Waals surface area contributed by atoms with Crippen LogP contribution in [0.3, 0.4) is 0 Å². The van der Waals surface area contributed by atoms with Crippen LogP contribution in [-0.4, -0.2) is 44.0 Å². The molecule has 1 aromatic rings. The van der Waals surface area contributed by atoms with Crippen LogP contribution in [0.1, 0.15) is 58.4 Å². The third-order valence-corrected chi connectivity index (χ3v) is 5.41. The fourth-order valence-electron chi connectivity index (χ4n) is 3.67. The maximum Gasteiger partial charge on any atom is 0.129 e. The van der Waals surface area contributed by atoms with Crippen molar-refractivity contribution in [1.29, 1.82) is 0 Å². The van der Waals surface area contributed by atoms with Gasteiger partial charge in [-0.25, -0.2) is 0 Å².